The number of benzene rings is 1. The van der Waals surface area contributed by atoms with Crippen LogP contribution in [0.4, 0.5) is 10.6 Å². The van der Waals surface area contributed by atoms with Gasteiger partial charge in [0.2, 0.25) is 0 Å². The Hall–Kier alpha value is -3.00. The Bertz CT molecular complexity index is 1100. The monoisotopic (exact) mass is 393 g/mol. The van der Waals surface area contributed by atoms with E-state index in [2.05, 4.69) is 38.7 Å². The van der Waals surface area contributed by atoms with E-state index < -0.39 is 11.6 Å². The van der Waals surface area contributed by atoms with Gasteiger partial charge in [0.25, 0.3) is 5.91 Å². The van der Waals surface area contributed by atoms with E-state index in [0.717, 1.165) is 39.4 Å². The van der Waals surface area contributed by atoms with Crippen LogP contribution < -0.4 is 15.5 Å². The van der Waals surface area contributed by atoms with Gasteiger partial charge in [0.05, 0.1) is 11.9 Å². The van der Waals surface area contributed by atoms with Gasteiger partial charge in [-0.15, -0.1) is 11.3 Å². The number of hydrogen-bond donors (Lipinski definition) is 2. The molecular weight excluding hydrogens is 374 g/mol. The molecule has 1 unspecified atom stereocenters. The summed E-state index contributed by atoms with van der Waals surface area (Å²) >= 11 is 1.64. The summed E-state index contributed by atoms with van der Waals surface area (Å²) in [5.74, 6) is 1.27. The quantitative estimate of drug-likeness (QED) is 0.654. The normalized spacial score (nSPS) is 22.0. The average Bonchev–Trinajstić information content (AvgIpc) is 3.22. The number of carbonyl (C=O) groups excluding carboxylic acids is 2. The van der Waals surface area contributed by atoms with Crippen LogP contribution in [0.15, 0.2) is 36.4 Å². The molecule has 2 aromatic heterocycles. The number of hydrogen-bond acceptors (Lipinski definition) is 6. The summed E-state index contributed by atoms with van der Waals surface area (Å²) in [6.07, 6.45) is 1.43. The lowest BCUT2D eigenvalue weighted by Gasteiger charge is -2.38. The van der Waals surface area contributed by atoms with E-state index in [4.69, 9.17) is 4.98 Å². The van der Waals surface area contributed by atoms with Crippen LogP contribution in [0.2, 0.25) is 0 Å². The van der Waals surface area contributed by atoms with Crippen molar-refractivity contribution in [1.29, 1.82) is 0 Å². The molecule has 8 heteroatoms. The van der Waals surface area contributed by atoms with E-state index in [-0.39, 0.29) is 5.91 Å². The summed E-state index contributed by atoms with van der Waals surface area (Å²) in [5, 5.41) is 6.19. The first-order chi connectivity index (χ1) is 13.5. The summed E-state index contributed by atoms with van der Waals surface area (Å²) in [6.45, 7) is 3.08. The third-order valence-corrected chi connectivity index (χ3v) is 6.43. The zero-order valence-corrected chi connectivity index (χ0v) is 16.2. The lowest BCUT2D eigenvalue weighted by atomic mass is 9.89. The van der Waals surface area contributed by atoms with Gasteiger partial charge in [0.1, 0.15) is 22.0 Å². The highest BCUT2D eigenvalue weighted by Gasteiger charge is 2.49. The number of amides is 3. The van der Waals surface area contributed by atoms with Gasteiger partial charge in [-0.05, 0) is 31.4 Å². The van der Waals surface area contributed by atoms with Gasteiger partial charge in [0, 0.05) is 11.4 Å². The fourth-order valence-electron chi connectivity index (χ4n) is 4.05. The molecule has 2 aliphatic rings. The zero-order valence-electron chi connectivity index (χ0n) is 15.4. The van der Waals surface area contributed by atoms with E-state index in [1.807, 2.05) is 25.1 Å². The Kier molecular flexibility index (Phi) is 3.83. The molecule has 4 heterocycles. The van der Waals surface area contributed by atoms with Gasteiger partial charge < -0.3 is 10.2 Å². The third-order valence-electron chi connectivity index (χ3n) is 5.35. The molecule has 28 heavy (non-hydrogen) atoms. The van der Waals surface area contributed by atoms with E-state index in [1.165, 1.54) is 0 Å². The van der Waals surface area contributed by atoms with Gasteiger partial charge in [-0.25, -0.2) is 14.8 Å². The predicted octanol–water partition coefficient (Wildman–Crippen LogP) is 2.85. The number of aryl methyl sites for hydroxylation is 1. The van der Waals surface area contributed by atoms with Gasteiger partial charge in [-0.1, -0.05) is 30.3 Å². The van der Waals surface area contributed by atoms with Gasteiger partial charge in [-0.2, -0.15) is 0 Å². The minimum Gasteiger partial charge on any atom is -0.353 e. The Morgan fingerprint density at radius 2 is 2.00 bits per heavy atom. The van der Waals surface area contributed by atoms with Crippen LogP contribution in [-0.4, -0.2) is 40.5 Å². The molecule has 142 valence electrons. The van der Waals surface area contributed by atoms with Crippen molar-refractivity contribution in [2.45, 2.75) is 25.3 Å². The lowest BCUT2D eigenvalue weighted by Crippen LogP contribution is -2.58. The van der Waals surface area contributed by atoms with Crippen LogP contribution in [0.3, 0.4) is 0 Å². The summed E-state index contributed by atoms with van der Waals surface area (Å²) in [4.78, 5) is 37.6. The van der Waals surface area contributed by atoms with Crippen LogP contribution in [0.5, 0.6) is 0 Å². The van der Waals surface area contributed by atoms with Gasteiger partial charge >= 0.3 is 6.03 Å². The molecule has 5 rings (SSSR count). The topological polar surface area (TPSA) is 87.2 Å². The first-order valence-corrected chi connectivity index (χ1v) is 10.1. The number of imide groups is 1. The number of anilines is 1. The number of nitrogens with zero attached hydrogens (tertiary/aromatic N) is 3. The molecule has 1 aromatic carbocycles. The van der Waals surface area contributed by atoms with Crippen LogP contribution in [0, 0.1) is 6.92 Å². The zero-order chi connectivity index (χ0) is 19.3. The van der Waals surface area contributed by atoms with E-state index in [1.54, 1.807) is 11.3 Å². The highest BCUT2D eigenvalue weighted by Crippen LogP contribution is 2.38. The van der Waals surface area contributed by atoms with Crippen LogP contribution >= 0.6 is 11.3 Å². The van der Waals surface area contributed by atoms with Crippen molar-refractivity contribution in [1.82, 2.24) is 20.6 Å². The fraction of sp³-hybridized carbons (Fsp3) is 0.300. The number of aromatic nitrogens is 2. The molecule has 2 N–H and O–H groups in total. The van der Waals surface area contributed by atoms with Gasteiger partial charge in [-0.3, -0.25) is 10.1 Å². The summed E-state index contributed by atoms with van der Waals surface area (Å²) in [6, 6.07) is 11.9. The maximum atomic E-state index is 12.4. The number of carbonyl (C=O) groups is 2. The SMILES string of the molecule is Cc1nc(N2CCCC3(C2)NC(=O)NC3=O)c2cc(-c3ccccc3)sc2n1. The number of thiophene rings is 1. The molecule has 0 bridgehead atoms. The van der Waals surface area contributed by atoms with E-state index in [9.17, 15) is 9.59 Å². The summed E-state index contributed by atoms with van der Waals surface area (Å²) in [5.41, 5.74) is 0.269. The average molecular weight is 393 g/mol. The van der Waals surface area contributed by atoms with Crippen molar-refractivity contribution in [2.24, 2.45) is 0 Å². The Labute approximate surface area is 165 Å². The minimum atomic E-state index is -0.876. The third kappa shape index (κ3) is 2.72. The number of nitrogens with one attached hydrogen (secondary N) is 2. The first kappa shape index (κ1) is 17.1. The molecule has 3 amide bonds. The number of urea groups is 1. The molecule has 2 fully saturated rings. The van der Waals surface area contributed by atoms with Gasteiger partial charge in [0.15, 0.2) is 0 Å². The number of piperidine rings is 1. The second-order valence-electron chi connectivity index (χ2n) is 7.31. The lowest BCUT2D eigenvalue weighted by molar-refractivity contribution is -0.124. The molecule has 3 aromatic rings. The fourth-order valence-corrected chi connectivity index (χ4v) is 5.12. The van der Waals surface area contributed by atoms with Crippen molar-refractivity contribution in [3.63, 3.8) is 0 Å². The maximum Gasteiger partial charge on any atom is 0.322 e. The smallest absolute Gasteiger partial charge is 0.322 e. The highest BCUT2D eigenvalue weighted by atomic mass is 32.1. The Morgan fingerprint density at radius 1 is 1.18 bits per heavy atom. The largest absolute Gasteiger partial charge is 0.353 e. The highest BCUT2D eigenvalue weighted by molar-refractivity contribution is 7.21. The second-order valence-corrected chi connectivity index (χ2v) is 8.34. The molecule has 0 radical (unpaired) electrons. The van der Waals surface area contributed by atoms with Crippen LogP contribution in [-0.2, 0) is 4.79 Å². The molecular formula is C20H19N5O2S. The molecule has 2 saturated heterocycles. The molecule has 7 nitrogen and oxygen atoms in total. The van der Waals surface area contributed by atoms with Crippen molar-refractivity contribution in [3.05, 3.63) is 42.2 Å². The Morgan fingerprint density at radius 3 is 2.75 bits per heavy atom. The second kappa shape index (κ2) is 6.27. The number of fused-ring (bicyclic) bond motifs is 1. The first-order valence-electron chi connectivity index (χ1n) is 9.26. The van der Waals surface area contributed by atoms with Crippen molar-refractivity contribution in [2.75, 3.05) is 18.0 Å². The van der Waals surface area contributed by atoms with Crippen LogP contribution in [0.1, 0.15) is 18.7 Å². The Balaban J connectivity index is 1.58. The summed E-state index contributed by atoms with van der Waals surface area (Å²) in [7, 11) is 0. The van der Waals surface area contributed by atoms with Crippen molar-refractivity contribution < 1.29 is 9.59 Å². The van der Waals surface area contributed by atoms with Crippen molar-refractivity contribution >= 4 is 39.3 Å². The number of rotatable bonds is 2. The molecule has 0 aliphatic carbocycles. The minimum absolute atomic E-state index is 0.250. The molecule has 2 aliphatic heterocycles. The molecule has 1 spiro atoms. The van der Waals surface area contributed by atoms with E-state index >= 15 is 0 Å². The molecule has 0 saturated carbocycles. The predicted molar refractivity (Wildman–Crippen MR) is 108 cm³/mol. The van der Waals surface area contributed by atoms with E-state index in [0.29, 0.717) is 18.8 Å². The maximum absolute atomic E-state index is 12.4. The van der Waals surface area contributed by atoms with Crippen LogP contribution in [0.25, 0.3) is 20.7 Å². The summed E-state index contributed by atoms with van der Waals surface area (Å²) < 4.78 is 0. The molecule has 1 atom stereocenters. The standard InChI is InChI=1S/C20H19N5O2S/c1-12-21-16(25-9-5-8-20(11-25)18(26)23-19(27)24-20)14-10-15(28-17(14)22-12)13-6-3-2-4-7-13/h2-4,6-7,10H,5,8-9,11H2,1H3,(H2,23,24,26,27). The van der Waals surface area contributed by atoms with Crippen molar-refractivity contribution in [3.8, 4) is 10.4 Å².